The smallest absolute Gasteiger partial charge is 0.336 e. The van der Waals surface area contributed by atoms with Gasteiger partial charge < -0.3 is 5.11 Å². The van der Waals surface area contributed by atoms with Crippen LogP contribution in [0.15, 0.2) is 48.7 Å². The lowest BCUT2D eigenvalue weighted by molar-refractivity contribution is 0.0697. The van der Waals surface area contributed by atoms with Crippen molar-refractivity contribution in [1.82, 2.24) is 4.98 Å². The zero-order valence-electron chi connectivity index (χ0n) is 11.1. The van der Waals surface area contributed by atoms with Crippen LogP contribution in [0.25, 0.3) is 21.0 Å². The summed E-state index contributed by atoms with van der Waals surface area (Å²) in [5, 5.41) is 9.64. The van der Waals surface area contributed by atoms with E-state index in [2.05, 4.69) is 4.98 Å². The van der Waals surface area contributed by atoms with Gasteiger partial charge in [0.25, 0.3) is 0 Å². The van der Waals surface area contributed by atoms with Gasteiger partial charge in [-0.3, -0.25) is 0 Å². The second-order valence-corrected chi connectivity index (χ2v) is 5.56. The number of halogens is 2. The molecule has 0 saturated carbocycles. The molecule has 0 unspecified atom stereocenters. The zero-order valence-corrected chi connectivity index (χ0v) is 11.9. The fourth-order valence-corrected chi connectivity index (χ4v) is 2.99. The Morgan fingerprint density at radius 2 is 1.73 bits per heavy atom. The van der Waals surface area contributed by atoms with Gasteiger partial charge in [-0.15, -0.1) is 11.3 Å². The highest BCUT2D eigenvalue weighted by Gasteiger charge is 2.16. The summed E-state index contributed by atoms with van der Waals surface area (Å²) in [7, 11) is 0. The van der Waals surface area contributed by atoms with Gasteiger partial charge in [0.2, 0.25) is 0 Å². The van der Waals surface area contributed by atoms with Gasteiger partial charge >= 0.3 is 5.97 Å². The van der Waals surface area contributed by atoms with Crippen molar-refractivity contribution in [1.29, 1.82) is 0 Å². The lowest BCUT2D eigenvalue weighted by Crippen LogP contribution is -2.00. The highest BCUT2D eigenvalue weighted by atomic mass is 32.1. The summed E-state index contributed by atoms with van der Waals surface area (Å²) in [5.74, 6) is -2.16. The summed E-state index contributed by atoms with van der Waals surface area (Å²) in [6, 6.07) is 9.48. The molecule has 2 aromatic carbocycles. The number of aromatic nitrogens is 1. The van der Waals surface area contributed by atoms with Crippen LogP contribution in [-0.4, -0.2) is 16.1 Å². The van der Waals surface area contributed by atoms with Crippen LogP contribution in [0.3, 0.4) is 0 Å². The Kier molecular flexibility index (Phi) is 3.68. The third kappa shape index (κ3) is 2.73. The van der Waals surface area contributed by atoms with E-state index in [0.29, 0.717) is 10.6 Å². The highest BCUT2D eigenvalue weighted by Crippen LogP contribution is 2.34. The molecule has 0 aliphatic rings. The van der Waals surface area contributed by atoms with Crippen molar-refractivity contribution in [3.8, 4) is 21.0 Å². The lowest BCUT2D eigenvalue weighted by atomic mass is 10.1. The standard InChI is InChI=1S/C16H9F2NO2S/c17-10-3-1-9(2-4-10)14-8-19-15(22-14)12-6-5-11(18)7-13(12)16(20)21/h1-8H,(H,20,21). The van der Waals surface area contributed by atoms with Crippen LogP contribution in [0.5, 0.6) is 0 Å². The van der Waals surface area contributed by atoms with E-state index in [-0.39, 0.29) is 11.4 Å². The van der Waals surface area contributed by atoms with Gasteiger partial charge in [-0.1, -0.05) is 12.1 Å². The molecule has 22 heavy (non-hydrogen) atoms. The van der Waals surface area contributed by atoms with E-state index < -0.39 is 11.8 Å². The molecule has 1 heterocycles. The number of aromatic carboxylic acids is 1. The van der Waals surface area contributed by atoms with Gasteiger partial charge in [-0.25, -0.2) is 18.6 Å². The average Bonchev–Trinajstić information content (AvgIpc) is 2.97. The summed E-state index contributed by atoms with van der Waals surface area (Å²) in [5.41, 5.74) is 0.997. The number of carboxylic acids is 1. The van der Waals surface area contributed by atoms with Crippen LogP contribution in [0.2, 0.25) is 0 Å². The van der Waals surface area contributed by atoms with Crippen molar-refractivity contribution in [2.45, 2.75) is 0 Å². The molecule has 1 aromatic heterocycles. The Bertz CT molecular complexity index is 844. The molecule has 3 rings (SSSR count). The molecule has 0 fully saturated rings. The second kappa shape index (κ2) is 5.65. The molecule has 3 nitrogen and oxygen atoms in total. The topological polar surface area (TPSA) is 50.2 Å². The van der Waals surface area contributed by atoms with E-state index >= 15 is 0 Å². The van der Waals surface area contributed by atoms with E-state index in [1.54, 1.807) is 18.3 Å². The molecule has 0 aliphatic heterocycles. The molecular formula is C16H9F2NO2S. The minimum absolute atomic E-state index is 0.139. The molecule has 0 spiro atoms. The number of thiazole rings is 1. The van der Waals surface area contributed by atoms with Gasteiger partial charge in [0.15, 0.2) is 0 Å². The van der Waals surface area contributed by atoms with Gasteiger partial charge in [0.05, 0.1) is 10.4 Å². The second-order valence-electron chi connectivity index (χ2n) is 4.53. The third-order valence-corrected chi connectivity index (χ3v) is 4.16. The van der Waals surface area contributed by atoms with Crippen molar-refractivity contribution >= 4 is 17.3 Å². The summed E-state index contributed by atoms with van der Waals surface area (Å²) >= 11 is 1.26. The van der Waals surface area contributed by atoms with Gasteiger partial charge in [0, 0.05) is 11.8 Å². The molecule has 0 saturated heterocycles. The van der Waals surface area contributed by atoms with Crippen molar-refractivity contribution < 1.29 is 18.7 Å². The van der Waals surface area contributed by atoms with Gasteiger partial charge in [-0.2, -0.15) is 0 Å². The summed E-state index contributed by atoms with van der Waals surface area (Å²) in [6.45, 7) is 0. The maximum atomic E-state index is 13.2. The predicted molar refractivity (Wildman–Crippen MR) is 79.9 cm³/mol. The van der Waals surface area contributed by atoms with Crippen LogP contribution in [-0.2, 0) is 0 Å². The molecule has 110 valence electrons. The molecule has 0 bridgehead atoms. The first-order chi connectivity index (χ1) is 10.5. The van der Waals surface area contributed by atoms with Crippen LogP contribution in [0.1, 0.15) is 10.4 Å². The summed E-state index contributed by atoms with van der Waals surface area (Å²) in [4.78, 5) is 16.2. The Morgan fingerprint density at radius 1 is 1.05 bits per heavy atom. The number of hydrogen-bond acceptors (Lipinski definition) is 3. The first-order valence-corrected chi connectivity index (χ1v) is 7.11. The minimum Gasteiger partial charge on any atom is -0.478 e. The Morgan fingerprint density at radius 3 is 2.41 bits per heavy atom. The number of hydrogen-bond donors (Lipinski definition) is 1. The predicted octanol–water partition coefficient (Wildman–Crippen LogP) is 4.45. The quantitative estimate of drug-likeness (QED) is 0.776. The lowest BCUT2D eigenvalue weighted by Gasteiger charge is -2.02. The zero-order chi connectivity index (χ0) is 15.7. The molecule has 1 N–H and O–H groups in total. The molecule has 6 heteroatoms. The Balaban J connectivity index is 2.04. The summed E-state index contributed by atoms with van der Waals surface area (Å²) in [6.07, 6.45) is 1.59. The minimum atomic E-state index is -1.21. The van der Waals surface area contributed by atoms with Crippen molar-refractivity contribution in [3.05, 3.63) is 65.9 Å². The highest BCUT2D eigenvalue weighted by molar-refractivity contribution is 7.18. The molecule has 0 radical (unpaired) electrons. The summed E-state index contributed by atoms with van der Waals surface area (Å²) < 4.78 is 26.2. The van der Waals surface area contributed by atoms with Crippen molar-refractivity contribution in [2.75, 3.05) is 0 Å². The molecule has 0 amide bonds. The fraction of sp³-hybridized carbons (Fsp3) is 0. The molecule has 0 aliphatic carbocycles. The average molecular weight is 317 g/mol. The number of benzene rings is 2. The number of nitrogens with zero attached hydrogens (tertiary/aromatic N) is 1. The van der Waals surface area contributed by atoms with Gasteiger partial charge in [0.1, 0.15) is 16.6 Å². The normalized spacial score (nSPS) is 10.6. The van der Waals surface area contributed by atoms with Crippen molar-refractivity contribution in [2.24, 2.45) is 0 Å². The Hall–Kier alpha value is -2.60. The van der Waals surface area contributed by atoms with E-state index in [1.807, 2.05) is 0 Å². The van der Waals surface area contributed by atoms with E-state index in [9.17, 15) is 18.7 Å². The van der Waals surface area contributed by atoms with Crippen LogP contribution >= 0.6 is 11.3 Å². The van der Waals surface area contributed by atoms with Crippen LogP contribution in [0.4, 0.5) is 8.78 Å². The number of carbonyl (C=O) groups is 1. The fourth-order valence-electron chi connectivity index (χ4n) is 2.03. The first kappa shape index (κ1) is 14.3. The van der Waals surface area contributed by atoms with Gasteiger partial charge in [-0.05, 0) is 35.9 Å². The number of rotatable bonds is 3. The largest absolute Gasteiger partial charge is 0.478 e. The molecule has 0 atom stereocenters. The van der Waals surface area contributed by atoms with E-state index in [0.717, 1.165) is 16.5 Å². The first-order valence-electron chi connectivity index (χ1n) is 6.29. The maximum Gasteiger partial charge on any atom is 0.336 e. The monoisotopic (exact) mass is 317 g/mol. The molecule has 3 aromatic rings. The molecular weight excluding hydrogens is 308 g/mol. The number of carboxylic acid groups (broad SMARTS) is 1. The Labute approximate surface area is 128 Å². The van der Waals surface area contributed by atoms with E-state index in [1.165, 1.54) is 35.6 Å². The SMILES string of the molecule is O=C(O)c1cc(F)ccc1-c1ncc(-c2ccc(F)cc2)s1. The van der Waals surface area contributed by atoms with Crippen LogP contribution in [0, 0.1) is 11.6 Å². The van der Waals surface area contributed by atoms with Crippen LogP contribution < -0.4 is 0 Å². The third-order valence-electron chi connectivity index (χ3n) is 3.08. The van der Waals surface area contributed by atoms with E-state index in [4.69, 9.17) is 0 Å². The maximum absolute atomic E-state index is 13.2. The van der Waals surface area contributed by atoms with Crippen molar-refractivity contribution in [3.63, 3.8) is 0 Å².